The Labute approximate surface area is 168 Å². The molecule has 1 aliphatic rings. The van der Waals surface area contributed by atoms with Gasteiger partial charge in [-0.2, -0.15) is 4.31 Å². The summed E-state index contributed by atoms with van der Waals surface area (Å²) in [5.74, 6) is 0.755. The van der Waals surface area contributed by atoms with Gasteiger partial charge < -0.3 is 11.1 Å². The van der Waals surface area contributed by atoms with Gasteiger partial charge in [0.15, 0.2) is 5.96 Å². The molecule has 0 radical (unpaired) electrons. The van der Waals surface area contributed by atoms with Crippen molar-refractivity contribution < 1.29 is 8.42 Å². The van der Waals surface area contributed by atoms with Gasteiger partial charge in [0.1, 0.15) is 0 Å². The summed E-state index contributed by atoms with van der Waals surface area (Å²) >= 11 is 0. The molecule has 8 heteroatoms. The van der Waals surface area contributed by atoms with Gasteiger partial charge in [0.2, 0.25) is 10.0 Å². The van der Waals surface area contributed by atoms with Crippen molar-refractivity contribution in [3.63, 3.8) is 0 Å². The van der Waals surface area contributed by atoms with Crippen LogP contribution in [0.4, 0.5) is 5.69 Å². The summed E-state index contributed by atoms with van der Waals surface area (Å²) in [6.07, 6.45) is 4.01. The average Bonchev–Trinajstić information content (AvgIpc) is 2.52. The lowest BCUT2D eigenvalue weighted by molar-refractivity contribution is 0.259. The third kappa shape index (κ3) is 6.74. The van der Waals surface area contributed by atoms with Crippen LogP contribution in [0.1, 0.15) is 44.6 Å². The van der Waals surface area contributed by atoms with Gasteiger partial charge in [-0.1, -0.05) is 32.4 Å². The molecule has 1 atom stereocenters. The molecule has 1 heterocycles. The third-order valence-corrected chi connectivity index (χ3v) is 5.63. The summed E-state index contributed by atoms with van der Waals surface area (Å²) in [6, 6.07) is 7.96. The molecule has 0 bridgehead atoms. The fourth-order valence-corrected chi connectivity index (χ4v) is 4.13. The molecule has 25 heavy (non-hydrogen) atoms. The maximum Gasteiger partial charge on any atom is 0.211 e. The second-order valence-electron chi connectivity index (χ2n) is 6.65. The van der Waals surface area contributed by atoms with Crippen LogP contribution in [0.3, 0.4) is 0 Å². The van der Waals surface area contributed by atoms with Crippen LogP contribution in [-0.2, 0) is 10.0 Å². The van der Waals surface area contributed by atoms with Crippen LogP contribution in [0.25, 0.3) is 0 Å². The third-order valence-electron chi connectivity index (χ3n) is 4.30. The number of guanidine groups is 1. The smallest absolute Gasteiger partial charge is 0.211 e. The number of nitrogens with two attached hydrogens (primary N) is 1. The molecule has 2 rings (SSSR count). The van der Waals surface area contributed by atoms with E-state index in [0.717, 1.165) is 24.9 Å². The van der Waals surface area contributed by atoms with Gasteiger partial charge in [-0.15, -0.1) is 24.0 Å². The van der Waals surface area contributed by atoms with E-state index in [9.17, 15) is 8.42 Å². The summed E-state index contributed by atoms with van der Waals surface area (Å²) in [5.41, 5.74) is 8.09. The quantitative estimate of drug-likeness (QED) is 0.386. The minimum atomic E-state index is -3.19. The number of hydrogen-bond donors (Lipinski definition) is 2. The number of halogens is 1. The van der Waals surface area contributed by atoms with Gasteiger partial charge in [-0.05, 0) is 36.5 Å². The molecule has 1 aromatic carbocycles. The normalized spacial score (nSPS) is 19.5. The second-order valence-corrected chi connectivity index (χ2v) is 8.59. The largest absolute Gasteiger partial charge is 0.370 e. The van der Waals surface area contributed by atoms with Crippen LogP contribution in [0.2, 0.25) is 0 Å². The molecule has 1 aromatic rings. The molecular weight excluding hydrogens is 451 g/mol. The lowest BCUT2D eigenvalue weighted by atomic mass is 10.0. The molecule has 6 nitrogen and oxygen atoms in total. The van der Waals surface area contributed by atoms with E-state index in [1.165, 1.54) is 11.8 Å². The van der Waals surface area contributed by atoms with Crippen molar-refractivity contribution in [3.8, 4) is 0 Å². The van der Waals surface area contributed by atoms with Gasteiger partial charge in [0.05, 0.1) is 12.8 Å². The standard InChI is InChI=1S/C17H28N4O2S.HI/c1-13(2)14-7-6-8-15(11-14)20-17(18)19-12-16-9-4-5-10-21(16)24(3,22)23;/h6-8,11,13,16H,4-5,9-10,12H2,1-3H3,(H3,18,19,20);1H. The van der Waals surface area contributed by atoms with E-state index < -0.39 is 10.0 Å². The molecule has 0 aliphatic carbocycles. The Morgan fingerprint density at radius 1 is 1.40 bits per heavy atom. The maximum atomic E-state index is 11.9. The van der Waals surface area contributed by atoms with E-state index >= 15 is 0 Å². The number of hydrogen-bond acceptors (Lipinski definition) is 3. The van der Waals surface area contributed by atoms with Crippen molar-refractivity contribution >= 4 is 45.6 Å². The van der Waals surface area contributed by atoms with Gasteiger partial charge in [-0.3, -0.25) is 4.99 Å². The number of sulfonamides is 1. The van der Waals surface area contributed by atoms with Crippen LogP contribution in [0.15, 0.2) is 29.3 Å². The first kappa shape index (κ1) is 22.2. The Bertz CT molecular complexity index is 692. The lowest BCUT2D eigenvalue weighted by Crippen LogP contribution is -2.45. The van der Waals surface area contributed by atoms with Gasteiger partial charge in [-0.25, -0.2) is 8.42 Å². The predicted octanol–water partition coefficient (Wildman–Crippen LogP) is 2.97. The highest BCUT2D eigenvalue weighted by Crippen LogP contribution is 2.20. The molecule has 0 aromatic heterocycles. The number of aliphatic imine (C=N–C) groups is 1. The van der Waals surface area contributed by atoms with Crippen LogP contribution in [0, 0.1) is 0 Å². The first-order chi connectivity index (χ1) is 11.3. The van der Waals surface area contributed by atoms with Gasteiger partial charge >= 0.3 is 0 Å². The van der Waals surface area contributed by atoms with Crippen LogP contribution in [0.5, 0.6) is 0 Å². The SMILES string of the molecule is CC(C)c1cccc(NC(N)=NCC2CCCCN2S(C)(=O)=O)c1.I. The number of anilines is 1. The molecule has 3 N–H and O–H groups in total. The molecular formula is C17H29IN4O2S. The minimum absolute atomic E-state index is 0. The molecule has 1 unspecified atom stereocenters. The summed E-state index contributed by atoms with van der Waals surface area (Å²) in [5, 5.41) is 3.09. The molecule has 0 amide bonds. The monoisotopic (exact) mass is 480 g/mol. The van der Waals surface area contributed by atoms with Crippen molar-refractivity contribution in [1.29, 1.82) is 0 Å². The maximum absolute atomic E-state index is 11.9. The van der Waals surface area contributed by atoms with E-state index in [2.05, 4.69) is 36.3 Å². The topological polar surface area (TPSA) is 87.8 Å². The second kappa shape index (κ2) is 9.72. The zero-order valence-electron chi connectivity index (χ0n) is 15.1. The van der Waals surface area contributed by atoms with Crippen molar-refractivity contribution in [2.24, 2.45) is 10.7 Å². The van der Waals surface area contributed by atoms with E-state index in [1.807, 2.05) is 12.1 Å². The number of piperidine rings is 1. The minimum Gasteiger partial charge on any atom is -0.370 e. The molecule has 1 aliphatic heterocycles. The fraction of sp³-hybridized carbons (Fsp3) is 0.588. The molecule has 0 saturated carbocycles. The van der Waals surface area contributed by atoms with Crippen molar-refractivity contribution in [3.05, 3.63) is 29.8 Å². The molecule has 0 spiro atoms. The van der Waals surface area contributed by atoms with Crippen LogP contribution >= 0.6 is 24.0 Å². The highest BCUT2D eigenvalue weighted by atomic mass is 127. The predicted molar refractivity (Wildman–Crippen MR) is 115 cm³/mol. The van der Waals surface area contributed by atoms with E-state index in [0.29, 0.717) is 25.0 Å². The summed E-state index contributed by atoms with van der Waals surface area (Å²) in [4.78, 5) is 4.36. The van der Waals surface area contributed by atoms with E-state index in [-0.39, 0.29) is 30.0 Å². The van der Waals surface area contributed by atoms with Gasteiger partial charge in [0, 0.05) is 18.3 Å². The molecule has 1 fully saturated rings. The Morgan fingerprint density at radius 3 is 2.76 bits per heavy atom. The zero-order valence-corrected chi connectivity index (χ0v) is 18.3. The zero-order chi connectivity index (χ0) is 17.7. The van der Waals surface area contributed by atoms with Crippen LogP contribution < -0.4 is 11.1 Å². The Hall–Kier alpha value is -0.870. The van der Waals surface area contributed by atoms with E-state index in [4.69, 9.17) is 5.73 Å². The number of rotatable bonds is 5. The average molecular weight is 480 g/mol. The number of nitrogens with zero attached hydrogens (tertiary/aromatic N) is 2. The fourth-order valence-electron chi connectivity index (χ4n) is 2.96. The lowest BCUT2D eigenvalue weighted by Gasteiger charge is -2.32. The summed E-state index contributed by atoms with van der Waals surface area (Å²) in [6.45, 7) is 5.23. The Balaban J connectivity index is 0.00000312. The first-order valence-corrected chi connectivity index (χ1v) is 10.3. The Kier molecular flexibility index (Phi) is 8.62. The van der Waals surface area contributed by atoms with Crippen molar-refractivity contribution in [1.82, 2.24) is 4.31 Å². The Morgan fingerprint density at radius 2 is 2.12 bits per heavy atom. The van der Waals surface area contributed by atoms with E-state index in [1.54, 1.807) is 4.31 Å². The van der Waals surface area contributed by atoms with Crippen molar-refractivity contribution in [2.75, 3.05) is 24.7 Å². The number of benzene rings is 1. The van der Waals surface area contributed by atoms with Crippen molar-refractivity contribution in [2.45, 2.75) is 45.1 Å². The molecule has 1 saturated heterocycles. The summed E-state index contributed by atoms with van der Waals surface area (Å²) in [7, 11) is -3.19. The highest BCUT2D eigenvalue weighted by Gasteiger charge is 2.28. The molecule has 142 valence electrons. The number of nitrogens with one attached hydrogen (secondary N) is 1. The van der Waals surface area contributed by atoms with Gasteiger partial charge in [0.25, 0.3) is 0 Å². The summed E-state index contributed by atoms with van der Waals surface area (Å²) < 4.78 is 25.3. The first-order valence-electron chi connectivity index (χ1n) is 8.41. The highest BCUT2D eigenvalue weighted by molar-refractivity contribution is 14.0. The van der Waals surface area contributed by atoms with Crippen LogP contribution in [-0.4, -0.2) is 44.1 Å².